The van der Waals surface area contributed by atoms with E-state index in [1.54, 1.807) is 0 Å². The Bertz CT molecular complexity index is 2340. The molecule has 8 aromatic carbocycles. The lowest BCUT2D eigenvalue weighted by molar-refractivity contribution is 0.576. The van der Waals surface area contributed by atoms with E-state index in [0.717, 1.165) is 12.8 Å². The molecule has 66 heavy (non-hydrogen) atoms. The Balaban J connectivity index is 0.809. The van der Waals surface area contributed by atoms with E-state index in [2.05, 4.69) is 194 Å². The third-order valence-electron chi connectivity index (χ3n) is 13.7. The van der Waals surface area contributed by atoms with Gasteiger partial charge in [-0.25, -0.2) is 0 Å². The van der Waals surface area contributed by atoms with E-state index in [4.69, 9.17) is 0 Å². The molecule has 0 heterocycles. The van der Waals surface area contributed by atoms with Gasteiger partial charge in [-0.15, -0.1) is 0 Å². The Labute approximate surface area is 400 Å². The number of fused-ring (bicyclic) bond motifs is 2. The number of hydrogen-bond donors (Lipinski definition) is 0. The molecule has 8 rings (SSSR count). The van der Waals surface area contributed by atoms with Crippen molar-refractivity contribution in [1.82, 2.24) is 0 Å². The van der Waals surface area contributed by atoms with Crippen molar-refractivity contribution >= 4 is 58.6 Å². The molecule has 0 saturated carbocycles. The lowest BCUT2D eigenvalue weighted by atomic mass is 9.84. The number of aryl methyl sites for hydroxylation is 2. The molecule has 0 aliphatic heterocycles. The first-order valence-electron chi connectivity index (χ1n) is 25.6. The zero-order chi connectivity index (χ0) is 44.9. The predicted molar refractivity (Wildman–Crippen MR) is 296 cm³/mol. The maximum Gasteiger partial charge on any atom is -0.00643 e. The third kappa shape index (κ3) is 13.6. The summed E-state index contributed by atoms with van der Waals surface area (Å²) in [5.74, 6) is 0. The van der Waals surface area contributed by atoms with Crippen LogP contribution >= 0.6 is 15.8 Å². The van der Waals surface area contributed by atoms with Gasteiger partial charge in [0.2, 0.25) is 0 Å². The molecule has 8 aromatic rings. The Morgan fingerprint density at radius 2 is 0.500 bits per heavy atom. The summed E-state index contributed by atoms with van der Waals surface area (Å²) in [4.78, 5) is 0. The van der Waals surface area contributed by atoms with Gasteiger partial charge in [-0.1, -0.05) is 271 Å². The van der Waals surface area contributed by atoms with Gasteiger partial charge in [0.15, 0.2) is 0 Å². The van der Waals surface area contributed by atoms with Crippen molar-refractivity contribution in [2.24, 2.45) is 0 Å². The zero-order valence-electron chi connectivity index (χ0n) is 39.5. The van der Waals surface area contributed by atoms with Crippen LogP contribution in [-0.2, 0) is 12.8 Å². The fourth-order valence-corrected chi connectivity index (χ4v) is 15.0. The highest BCUT2D eigenvalue weighted by Crippen LogP contribution is 2.41. The molecule has 2 heteroatoms. The van der Waals surface area contributed by atoms with Crippen LogP contribution in [0.3, 0.4) is 0 Å². The van der Waals surface area contributed by atoms with Gasteiger partial charge in [0, 0.05) is 0 Å². The van der Waals surface area contributed by atoms with Crippen LogP contribution in [0.15, 0.2) is 194 Å². The topological polar surface area (TPSA) is 0 Å². The molecule has 0 N–H and O–H groups in total. The Morgan fingerprint density at radius 3 is 0.833 bits per heavy atom. The summed E-state index contributed by atoms with van der Waals surface area (Å²) in [6.07, 6.45) is 26.2. The number of unbranched alkanes of at least 4 members (excludes halogenated alkanes) is 14. The highest BCUT2D eigenvalue weighted by atomic mass is 31.1. The summed E-state index contributed by atoms with van der Waals surface area (Å²) in [7, 11) is -0.538. The van der Waals surface area contributed by atoms with Crippen LogP contribution in [-0.4, -0.2) is 12.3 Å². The van der Waals surface area contributed by atoms with Gasteiger partial charge in [-0.3, -0.25) is 0 Å². The Hall–Kier alpha value is -4.86. The van der Waals surface area contributed by atoms with Crippen LogP contribution in [0.25, 0.3) is 32.7 Å². The normalized spacial score (nSPS) is 11.6. The summed E-state index contributed by atoms with van der Waals surface area (Å²) in [6, 6.07) is 72.9. The van der Waals surface area contributed by atoms with Crippen LogP contribution in [0, 0.1) is 0 Å². The highest BCUT2D eigenvalue weighted by Gasteiger charge is 2.18. The summed E-state index contributed by atoms with van der Waals surface area (Å²) in [6.45, 7) is 0. The van der Waals surface area contributed by atoms with Crippen molar-refractivity contribution in [3.05, 3.63) is 205 Å². The standard InChI is InChI=1S/C64H72P2/c1(3-7-11-31-51-65(57-37-19-13-20-38-57)58-39-21-14-22-40-58)5-9-17-35-55-49-47-53-33-27-29-45-61(53)63(55)64-56(50-48-54-34-28-30-46-62(54)64)36-18-10-6-2-4-8-12-32-52-66(59-41-23-15-24-42-59)60-43-25-16-26-44-60/h13-16,19-30,33-34,37-50H,1-12,17-18,31-32,35-36,51-52H2. The van der Waals surface area contributed by atoms with Gasteiger partial charge in [0.05, 0.1) is 0 Å². The molecule has 338 valence electrons. The van der Waals surface area contributed by atoms with Gasteiger partial charge < -0.3 is 0 Å². The van der Waals surface area contributed by atoms with Crippen molar-refractivity contribution in [1.29, 1.82) is 0 Å². The first-order chi connectivity index (χ1) is 32.8. The van der Waals surface area contributed by atoms with Crippen LogP contribution in [0.4, 0.5) is 0 Å². The second-order valence-corrected chi connectivity index (χ2v) is 23.1. The van der Waals surface area contributed by atoms with Crippen LogP contribution in [0.5, 0.6) is 0 Å². The highest BCUT2D eigenvalue weighted by molar-refractivity contribution is 7.73. The van der Waals surface area contributed by atoms with E-state index in [1.807, 2.05) is 0 Å². The quantitative estimate of drug-likeness (QED) is 0.0356. The van der Waals surface area contributed by atoms with Crippen LogP contribution in [0.2, 0.25) is 0 Å². The summed E-state index contributed by atoms with van der Waals surface area (Å²) < 4.78 is 0. The molecule has 0 aliphatic carbocycles. The Kier molecular flexibility index (Phi) is 19.1. The number of benzene rings is 8. The molecule has 0 unspecified atom stereocenters. The molecule has 0 bridgehead atoms. The number of rotatable bonds is 27. The van der Waals surface area contributed by atoms with Crippen molar-refractivity contribution < 1.29 is 0 Å². The SMILES string of the molecule is c1ccc(P(CCCCCCCCCCc2ccc3ccccc3c2-c2c(CCCCCCCCCCP(c3ccccc3)c3ccccc3)ccc3ccccc23)c2ccccc2)cc1. The first-order valence-corrected chi connectivity index (χ1v) is 28.7. The molecule has 0 aliphatic rings. The third-order valence-corrected chi connectivity index (χ3v) is 18.9. The molecule has 0 saturated heterocycles. The first kappa shape index (κ1) is 47.6. The molecule has 0 nitrogen and oxygen atoms in total. The van der Waals surface area contributed by atoms with Gasteiger partial charge in [-0.05, 0) is 132 Å². The fraction of sp³-hybridized carbons (Fsp3) is 0.312. The monoisotopic (exact) mass is 903 g/mol. The second-order valence-electron chi connectivity index (χ2n) is 18.4. The maximum atomic E-state index is 2.47. The van der Waals surface area contributed by atoms with Crippen molar-refractivity contribution in [2.75, 3.05) is 12.3 Å². The molecule has 0 fully saturated rings. The van der Waals surface area contributed by atoms with Gasteiger partial charge in [0.1, 0.15) is 0 Å². The van der Waals surface area contributed by atoms with Gasteiger partial charge in [0.25, 0.3) is 0 Å². The summed E-state index contributed by atoms with van der Waals surface area (Å²) in [5.41, 5.74) is 6.04. The summed E-state index contributed by atoms with van der Waals surface area (Å²) in [5, 5.41) is 11.6. The molecule has 0 spiro atoms. The minimum atomic E-state index is -0.269. The molecular formula is C64H72P2. The van der Waals surface area contributed by atoms with Crippen molar-refractivity contribution in [3.8, 4) is 11.1 Å². The van der Waals surface area contributed by atoms with Gasteiger partial charge in [-0.2, -0.15) is 0 Å². The van der Waals surface area contributed by atoms with Gasteiger partial charge >= 0.3 is 0 Å². The molecule has 0 aromatic heterocycles. The molecular weight excluding hydrogens is 831 g/mol. The minimum Gasteiger partial charge on any atom is -0.0622 e. The average Bonchev–Trinajstić information content (AvgIpc) is 3.38. The Morgan fingerprint density at radius 1 is 0.227 bits per heavy atom. The van der Waals surface area contributed by atoms with E-state index in [0.29, 0.717) is 0 Å². The largest absolute Gasteiger partial charge is 0.0622 e. The lowest BCUT2D eigenvalue weighted by Gasteiger charge is -2.20. The van der Waals surface area contributed by atoms with E-state index < -0.39 is 0 Å². The van der Waals surface area contributed by atoms with E-state index in [1.165, 1.54) is 180 Å². The maximum absolute atomic E-state index is 2.47. The fourth-order valence-electron chi connectivity index (χ4n) is 10.2. The zero-order valence-corrected chi connectivity index (χ0v) is 41.3. The van der Waals surface area contributed by atoms with E-state index in [-0.39, 0.29) is 15.8 Å². The van der Waals surface area contributed by atoms with Crippen LogP contribution < -0.4 is 21.2 Å². The predicted octanol–water partition coefficient (Wildman–Crippen LogP) is 17.3. The lowest BCUT2D eigenvalue weighted by Crippen LogP contribution is -2.13. The number of hydrogen-bond acceptors (Lipinski definition) is 0. The second kappa shape index (κ2) is 26.5. The molecule has 0 atom stereocenters. The summed E-state index contributed by atoms with van der Waals surface area (Å²) >= 11 is 0. The van der Waals surface area contributed by atoms with Crippen molar-refractivity contribution in [2.45, 2.75) is 116 Å². The average molecular weight is 903 g/mol. The smallest absolute Gasteiger partial charge is 0.00643 e. The molecule has 0 amide bonds. The van der Waals surface area contributed by atoms with E-state index >= 15 is 0 Å². The van der Waals surface area contributed by atoms with Crippen molar-refractivity contribution in [3.63, 3.8) is 0 Å². The minimum absolute atomic E-state index is 0.269. The van der Waals surface area contributed by atoms with Crippen LogP contribution in [0.1, 0.15) is 114 Å². The van der Waals surface area contributed by atoms with E-state index in [9.17, 15) is 0 Å². The molecule has 0 radical (unpaired) electrons.